The number of esters is 1. The summed E-state index contributed by atoms with van der Waals surface area (Å²) in [5.41, 5.74) is 0.363. The van der Waals surface area contributed by atoms with Crippen molar-refractivity contribution in [3.63, 3.8) is 0 Å². The van der Waals surface area contributed by atoms with Crippen molar-refractivity contribution in [1.82, 2.24) is 0 Å². The van der Waals surface area contributed by atoms with Crippen molar-refractivity contribution >= 4 is 16.9 Å². The molecule has 12 nitrogen and oxygen atoms in total. The fourth-order valence-electron chi connectivity index (χ4n) is 4.44. The summed E-state index contributed by atoms with van der Waals surface area (Å²) < 4.78 is 39.6. The van der Waals surface area contributed by atoms with Crippen LogP contribution in [-0.4, -0.2) is 62.4 Å². The summed E-state index contributed by atoms with van der Waals surface area (Å²) in [6.07, 6.45) is -1.75. The van der Waals surface area contributed by atoms with Crippen LogP contribution in [0.25, 0.3) is 22.3 Å². The van der Waals surface area contributed by atoms with Crippen molar-refractivity contribution in [1.29, 1.82) is 0 Å². The van der Waals surface area contributed by atoms with Crippen LogP contribution in [0.3, 0.4) is 0 Å². The maximum Gasteiger partial charge on any atom is 0.302 e. The average Bonchev–Trinajstić information content (AvgIpc) is 2.95. The predicted molar refractivity (Wildman–Crippen MR) is 150 cm³/mol. The second kappa shape index (κ2) is 12.6. The van der Waals surface area contributed by atoms with Gasteiger partial charge in [0.1, 0.15) is 40.9 Å². The number of rotatable bonds is 11. The number of phenolic OH excluding ortho intramolecular Hbond substituents is 3. The molecule has 1 aromatic heterocycles. The van der Waals surface area contributed by atoms with Gasteiger partial charge >= 0.3 is 5.97 Å². The molecule has 0 bridgehead atoms. The zero-order chi connectivity index (χ0) is 30.6. The molecule has 42 heavy (non-hydrogen) atoms. The van der Waals surface area contributed by atoms with E-state index in [0.29, 0.717) is 11.1 Å². The summed E-state index contributed by atoms with van der Waals surface area (Å²) >= 11 is 0. The van der Waals surface area contributed by atoms with Gasteiger partial charge in [-0.25, -0.2) is 0 Å². The number of carbonyl (C=O) groups is 1. The van der Waals surface area contributed by atoms with Crippen molar-refractivity contribution in [3.05, 3.63) is 64.3 Å². The summed E-state index contributed by atoms with van der Waals surface area (Å²) in [7, 11) is 5.66. The number of hydrogen-bond donors (Lipinski definition) is 3. The molecule has 0 saturated heterocycles. The number of hydrogen-bond acceptors (Lipinski definition) is 12. The van der Waals surface area contributed by atoms with E-state index >= 15 is 0 Å². The third-order valence-corrected chi connectivity index (χ3v) is 6.38. The molecular formula is C30H30O12. The van der Waals surface area contributed by atoms with Gasteiger partial charge < -0.3 is 48.2 Å². The first-order chi connectivity index (χ1) is 20.1. The van der Waals surface area contributed by atoms with Gasteiger partial charge in [-0.2, -0.15) is 0 Å². The van der Waals surface area contributed by atoms with Gasteiger partial charge in [0.15, 0.2) is 34.5 Å². The fourth-order valence-corrected chi connectivity index (χ4v) is 4.44. The lowest BCUT2D eigenvalue weighted by Crippen LogP contribution is -2.32. The van der Waals surface area contributed by atoms with Crippen molar-refractivity contribution in [2.75, 3.05) is 35.0 Å². The number of aromatic hydroxyl groups is 3. The molecule has 222 valence electrons. The summed E-state index contributed by atoms with van der Waals surface area (Å²) in [5.74, 6) is -0.515. The molecule has 4 aromatic rings. The number of phenols is 3. The normalized spacial score (nSPS) is 12.4. The molecule has 12 heteroatoms. The molecule has 2 unspecified atom stereocenters. The standard InChI is InChI=1S/C30H30O12/c1-15(31)40-14-27(29(39-5)16-6-7-19(33)23(8-16)36-2)42-30-25(37-3)9-17(10-26(30)38-4)22-13-21(35)28-20(34)11-18(32)12-24(28)41-22/h6-13,27,29,32-34H,14H2,1-5H3. The number of carbonyl (C=O) groups excluding carboxylic acids is 1. The lowest BCUT2D eigenvalue weighted by molar-refractivity contribution is -0.146. The fraction of sp³-hybridized carbons (Fsp3) is 0.267. The molecule has 2 atom stereocenters. The van der Waals surface area contributed by atoms with Crippen molar-refractivity contribution in [2.24, 2.45) is 0 Å². The van der Waals surface area contributed by atoms with Crippen LogP contribution in [0.4, 0.5) is 0 Å². The molecule has 0 amide bonds. The zero-order valence-corrected chi connectivity index (χ0v) is 23.5. The van der Waals surface area contributed by atoms with E-state index in [4.69, 9.17) is 32.8 Å². The maximum absolute atomic E-state index is 12.8. The summed E-state index contributed by atoms with van der Waals surface area (Å²) in [4.78, 5) is 24.5. The molecule has 4 rings (SSSR count). The van der Waals surface area contributed by atoms with Crippen LogP contribution in [-0.2, 0) is 14.3 Å². The van der Waals surface area contributed by atoms with Gasteiger partial charge in [0.05, 0.1) is 21.3 Å². The molecule has 0 fully saturated rings. The molecule has 3 aromatic carbocycles. The van der Waals surface area contributed by atoms with Crippen LogP contribution in [0.1, 0.15) is 18.6 Å². The number of benzene rings is 3. The molecule has 1 heterocycles. The average molecular weight is 583 g/mol. The Hall–Kier alpha value is -5.10. The highest BCUT2D eigenvalue weighted by Gasteiger charge is 2.30. The Kier molecular flexibility index (Phi) is 8.96. The molecular weight excluding hydrogens is 552 g/mol. The molecule has 0 aliphatic heterocycles. The van der Waals surface area contributed by atoms with Gasteiger partial charge in [0.25, 0.3) is 0 Å². The van der Waals surface area contributed by atoms with Crippen LogP contribution in [0.5, 0.6) is 40.2 Å². The number of ether oxygens (including phenoxy) is 6. The lowest BCUT2D eigenvalue weighted by atomic mass is 10.0. The van der Waals surface area contributed by atoms with E-state index in [9.17, 15) is 24.9 Å². The molecule has 0 saturated carbocycles. The molecule has 0 spiro atoms. The molecule has 0 aliphatic rings. The minimum atomic E-state index is -0.939. The Morgan fingerprint density at radius 3 is 2.12 bits per heavy atom. The Balaban J connectivity index is 1.80. The third kappa shape index (κ3) is 6.13. The highest BCUT2D eigenvalue weighted by molar-refractivity contribution is 5.86. The third-order valence-electron chi connectivity index (χ3n) is 6.38. The Bertz CT molecular complexity index is 1630. The summed E-state index contributed by atoms with van der Waals surface area (Å²) in [5, 5.41) is 30.0. The van der Waals surface area contributed by atoms with E-state index in [-0.39, 0.29) is 57.8 Å². The van der Waals surface area contributed by atoms with E-state index in [2.05, 4.69) is 0 Å². The van der Waals surface area contributed by atoms with Gasteiger partial charge in [0, 0.05) is 37.8 Å². The van der Waals surface area contributed by atoms with Gasteiger partial charge in [-0.05, 0) is 29.8 Å². The summed E-state index contributed by atoms with van der Waals surface area (Å²) in [6.45, 7) is 1.03. The number of methoxy groups -OCH3 is 4. The van der Waals surface area contributed by atoms with Crippen LogP contribution >= 0.6 is 0 Å². The predicted octanol–water partition coefficient (Wildman–Crippen LogP) is 4.30. The van der Waals surface area contributed by atoms with Crippen molar-refractivity contribution < 1.29 is 53.0 Å². The second-order valence-corrected chi connectivity index (χ2v) is 9.07. The van der Waals surface area contributed by atoms with Gasteiger partial charge in [-0.3, -0.25) is 9.59 Å². The Morgan fingerprint density at radius 2 is 1.52 bits per heavy atom. The van der Waals surface area contributed by atoms with E-state index < -0.39 is 29.4 Å². The van der Waals surface area contributed by atoms with Gasteiger partial charge in [0.2, 0.25) is 5.75 Å². The highest BCUT2D eigenvalue weighted by atomic mass is 16.6. The van der Waals surface area contributed by atoms with E-state index in [1.54, 1.807) is 24.3 Å². The monoisotopic (exact) mass is 582 g/mol. The first kappa shape index (κ1) is 29.9. The first-order valence-electron chi connectivity index (χ1n) is 12.6. The lowest BCUT2D eigenvalue weighted by Gasteiger charge is -2.28. The quantitative estimate of drug-likeness (QED) is 0.215. The topological polar surface area (TPSA) is 163 Å². The molecule has 3 N–H and O–H groups in total. The van der Waals surface area contributed by atoms with Crippen LogP contribution in [0, 0.1) is 0 Å². The largest absolute Gasteiger partial charge is 0.508 e. The smallest absolute Gasteiger partial charge is 0.302 e. The second-order valence-electron chi connectivity index (χ2n) is 9.07. The van der Waals surface area contributed by atoms with E-state index in [0.717, 1.165) is 6.07 Å². The maximum atomic E-state index is 12.8. The van der Waals surface area contributed by atoms with Crippen LogP contribution < -0.4 is 24.4 Å². The van der Waals surface area contributed by atoms with Gasteiger partial charge in [-0.15, -0.1) is 0 Å². The first-order valence-corrected chi connectivity index (χ1v) is 12.6. The molecule has 0 aliphatic carbocycles. The Labute approximate surface area is 240 Å². The number of fused-ring (bicyclic) bond motifs is 1. The van der Waals surface area contributed by atoms with Crippen molar-refractivity contribution in [2.45, 2.75) is 19.1 Å². The minimum absolute atomic E-state index is 0.0260. The van der Waals surface area contributed by atoms with Gasteiger partial charge in [-0.1, -0.05) is 6.07 Å². The zero-order valence-electron chi connectivity index (χ0n) is 23.5. The van der Waals surface area contributed by atoms with Crippen LogP contribution in [0.2, 0.25) is 0 Å². The van der Waals surface area contributed by atoms with E-state index in [1.165, 1.54) is 53.6 Å². The highest BCUT2D eigenvalue weighted by Crippen LogP contribution is 2.44. The minimum Gasteiger partial charge on any atom is -0.508 e. The van der Waals surface area contributed by atoms with E-state index in [1.807, 2.05) is 0 Å². The SMILES string of the molecule is COc1cc(C(OC)C(COC(C)=O)Oc2c(OC)cc(-c3cc(=O)c4c(O)cc(O)cc4o3)cc2OC)ccc1O. The summed E-state index contributed by atoms with van der Waals surface area (Å²) in [6, 6.07) is 11.2. The Morgan fingerprint density at radius 1 is 0.857 bits per heavy atom. The van der Waals surface area contributed by atoms with Crippen molar-refractivity contribution in [3.8, 4) is 51.6 Å². The molecule has 0 radical (unpaired) electrons. The van der Waals surface area contributed by atoms with Crippen LogP contribution in [0.15, 0.2) is 57.7 Å².